The Labute approximate surface area is 154 Å². The van der Waals surface area contributed by atoms with Gasteiger partial charge in [-0.1, -0.05) is 37.7 Å². The van der Waals surface area contributed by atoms with E-state index in [1.165, 1.54) is 36.4 Å². The minimum Gasteiger partial charge on any atom is -0.493 e. The van der Waals surface area contributed by atoms with E-state index in [1.807, 2.05) is 0 Å². The molecule has 0 aromatic heterocycles. The number of fused-ring (bicyclic) bond motifs is 1. The zero-order valence-corrected chi connectivity index (χ0v) is 17.9. The van der Waals surface area contributed by atoms with Crippen LogP contribution in [-0.2, 0) is 0 Å². The first-order valence-corrected chi connectivity index (χ1v) is 13.0. The number of hydrogen-bond donors (Lipinski definition) is 0. The van der Waals surface area contributed by atoms with Crippen molar-refractivity contribution < 1.29 is 9.47 Å². The van der Waals surface area contributed by atoms with E-state index in [9.17, 15) is 0 Å². The van der Waals surface area contributed by atoms with E-state index < -0.39 is 8.07 Å². The van der Waals surface area contributed by atoms with Crippen LogP contribution in [0.4, 0.5) is 0 Å². The molecule has 3 rings (SSSR count). The van der Waals surface area contributed by atoms with E-state index in [-0.39, 0.29) is 0 Å². The molecule has 4 nitrogen and oxygen atoms in total. The number of benzene rings is 1. The molecule has 1 aliphatic carbocycles. The first-order valence-electron chi connectivity index (χ1n) is 9.50. The summed E-state index contributed by atoms with van der Waals surface area (Å²) in [6, 6.07) is 5.82. The largest absolute Gasteiger partial charge is 0.493 e. The van der Waals surface area contributed by atoms with E-state index in [2.05, 4.69) is 55.7 Å². The lowest BCUT2D eigenvalue weighted by molar-refractivity contribution is 0.165. The molecule has 0 N–H and O–H groups in total. The average Bonchev–Trinajstić information content (AvgIpc) is 2.84. The molecule has 140 valence electrons. The Hall–Kier alpha value is -1.04. The van der Waals surface area contributed by atoms with Gasteiger partial charge in [0.25, 0.3) is 0 Å². The van der Waals surface area contributed by atoms with Crippen molar-refractivity contribution in [2.45, 2.75) is 63.6 Å². The fourth-order valence-electron chi connectivity index (χ4n) is 4.89. The summed E-state index contributed by atoms with van der Waals surface area (Å²) in [4.78, 5) is 5.21. The molecule has 1 saturated carbocycles. The topological polar surface area (TPSA) is 24.9 Å². The highest BCUT2D eigenvalue weighted by molar-refractivity contribution is 6.89. The normalized spacial score (nSPS) is 25.9. The number of hydrogen-bond acceptors (Lipinski definition) is 4. The summed E-state index contributed by atoms with van der Waals surface area (Å²) in [5.41, 5.74) is 1.41. The van der Waals surface area contributed by atoms with Crippen LogP contribution in [0.2, 0.25) is 19.6 Å². The predicted molar refractivity (Wildman–Crippen MR) is 107 cm³/mol. The lowest BCUT2D eigenvalue weighted by Crippen LogP contribution is -2.44. The molecule has 0 radical (unpaired) electrons. The van der Waals surface area contributed by atoms with E-state index in [0.717, 1.165) is 11.5 Å². The third-order valence-corrected chi connectivity index (χ3v) is 8.20. The van der Waals surface area contributed by atoms with Crippen LogP contribution in [0.1, 0.15) is 37.4 Å². The second-order valence-corrected chi connectivity index (χ2v) is 13.7. The summed E-state index contributed by atoms with van der Waals surface area (Å²) in [6.07, 6.45) is 5.68. The van der Waals surface area contributed by atoms with Crippen molar-refractivity contribution in [3.05, 3.63) is 17.7 Å². The van der Waals surface area contributed by atoms with Crippen molar-refractivity contribution >= 4 is 13.3 Å². The number of ether oxygens (including phenoxy) is 2. The van der Waals surface area contributed by atoms with Gasteiger partial charge >= 0.3 is 0 Å². The quantitative estimate of drug-likeness (QED) is 0.766. The first-order chi connectivity index (χ1) is 11.8. The Morgan fingerprint density at radius 3 is 1.80 bits per heavy atom. The highest BCUT2D eigenvalue weighted by atomic mass is 28.3. The van der Waals surface area contributed by atoms with Gasteiger partial charge in [0.2, 0.25) is 0 Å². The van der Waals surface area contributed by atoms with Gasteiger partial charge in [-0.2, -0.15) is 0 Å². The Kier molecular flexibility index (Phi) is 5.20. The van der Waals surface area contributed by atoms with Gasteiger partial charge in [-0.15, -0.1) is 0 Å². The number of nitrogens with zero attached hydrogens (tertiary/aromatic N) is 2. The molecule has 2 aliphatic rings. The van der Waals surface area contributed by atoms with Crippen LogP contribution in [0.5, 0.6) is 11.5 Å². The fraction of sp³-hybridized carbons (Fsp3) is 0.700. The van der Waals surface area contributed by atoms with Crippen LogP contribution < -0.4 is 14.7 Å². The minimum absolute atomic E-state index is 0.328. The van der Waals surface area contributed by atoms with Crippen LogP contribution in [0, 0.1) is 0 Å². The summed E-state index contributed by atoms with van der Waals surface area (Å²) < 4.78 is 11.3. The van der Waals surface area contributed by atoms with Crippen molar-refractivity contribution in [1.29, 1.82) is 0 Å². The van der Waals surface area contributed by atoms with E-state index in [4.69, 9.17) is 9.47 Å². The molecule has 1 aromatic rings. The number of rotatable bonds is 4. The molecule has 0 amide bonds. The maximum absolute atomic E-state index is 5.65. The molecule has 1 aromatic carbocycles. The lowest BCUT2D eigenvalue weighted by atomic mass is 9.91. The van der Waals surface area contributed by atoms with Crippen molar-refractivity contribution in [3.63, 3.8) is 0 Å². The third kappa shape index (κ3) is 3.22. The number of methoxy groups -OCH3 is 2. The van der Waals surface area contributed by atoms with Gasteiger partial charge in [0.1, 0.15) is 0 Å². The van der Waals surface area contributed by atoms with Crippen molar-refractivity contribution in [3.8, 4) is 11.5 Å². The zero-order chi connectivity index (χ0) is 18.4. The van der Waals surface area contributed by atoms with Crippen molar-refractivity contribution in [2.24, 2.45) is 0 Å². The van der Waals surface area contributed by atoms with Gasteiger partial charge in [0, 0.05) is 12.1 Å². The molecule has 1 heterocycles. The minimum atomic E-state index is -1.53. The van der Waals surface area contributed by atoms with E-state index >= 15 is 0 Å². The second kappa shape index (κ2) is 6.93. The van der Waals surface area contributed by atoms with Crippen LogP contribution in [0.15, 0.2) is 12.1 Å². The lowest BCUT2D eigenvalue weighted by Gasteiger charge is -2.33. The monoisotopic (exact) mass is 362 g/mol. The molecular weight excluding hydrogens is 328 g/mol. The third-order valence-electron chi connectivity index (χ3n) is 6.15. The SMILES string of the molecule is COc1cc(C2N(C)[C@@H]3CCCC[C@H]3N2C)c([Si](C)(C)C)cc1OC. The van der Waals surface area contributed by atoms with E-state index in [0.29, 0.717) is 18.2 Å². The van der Waals surface area contributed by atoms with Gasteiger partial charge < -0.3 is 9.47 Å². The smallest absolute Gasteiger partial charge is 0.161 e. The van der Waals surface area contributed by atoms with Crippen molar-refractivity contribution in [1.82, 2.24) is 9.80 Å². The Balaban J connectivity index is 2.11. The molecule has 0 unspecified atom stereocenters. The highest BCUT2D eigenvalue weighted by Crippen LogP contribution is 2.43. The van der Waals surface area contributed by atoms with Crippen LogP contribution >= 0.6 is 0 Å². The highest BCUT2D eigenvalue weighted by Gasteiger charge is 2.46. The molecule has 1 saturated heterocycles. The van der Waals surface area contributed by atoms with Gasteiger partial charge in [-0.25, -0.2) is 0 Å². The Morgan fingerprint density at radius 2 is 1.36 bits per heavy atom. The number of likely N-dealkylation sites (N-methyl/N-ethyl adjacent to an activating group) is 2. The van der Waals surface area contributed by atoms with Gasteiger partial charge in [-0.3, -0.25) is 9.80 Å². The summed E-state index contributed by atoms with van der Waals surface area (Å²) in [7, 11) is 6.55. The molecule has 0 spiro atoms. The molecule has 1 aliphatic heterocycles. The Bertz CT molecular complexity index is 611. The predicted octanol–water partition coefficient (Wildman–Crippen LogP) is 3.44. The molecular formula is C20H34N2O2Si. The molecule has 0 bridgehead atoms. The summed E-state index contributed by atoms with van der Waals surface area (Å²) in [5, 5.41) is 1.48. The zero-order valence-electron chi connectivity index (χ0n) is 16.9. The molecule has 5 heteroatoms. The van der Waals surface area contributed by atoms with Gasteiger partial charge in [0.05, 0.1) is 28.5 Å². The molecule has 2 fully saturated rings. The van der Waals surface area contributed by atoms with Gasteiger partial charge in [0.15, 0.2) is 11.5 Å². The standard InChI is InChI=1S/C20H34N2O2Si/c1-21-15-10-8-9-11-16(15)22(2)20(21)14-12-17(23-3)18(24-4)13-19(14)25(5,6)7/h12-13,15-16,20H,8-11H2,1-7H3/t15-,16-/m1/s1. The van der Waals surface area contributed by atoms with Crippen LogP contribution in [0.3, 0.4) is 0 Å². The fourth-order valence-corrected chi connectivity index (χ4v) is 6.52. The second-order valence-electron chi connectivity index (χ2n) is 8.67. The molecule has 25 heavy (non-hydrogen) atoms. The summed E-state index contributed by atoms with van der Waals surface area (Å²) >= 11 is 0. The molecule has 2 atom stereocenters. The summed E-state index contributed by atoms with van der Waals surface area (Å²) in [6.45, 7) is 7.25. The average molecular weight is 363 g/mol. The maximum atomic E-state index is 5.65. The maximum Gasteiger partial charge on any atom is 0.161 e. The van der Waals surface area contributed by atoms with Crippen molar-refractivity contribution in [2.75, 3.05) is 28.3 Å². The van der Waals surface area contributed by atoms with Crippen LogP contribution in [0.25, 0.3) is 0 Å². The van der Waals surface area contributed by atoms with Gasteiger partial charge in [-0.05, 0) is 44.6 Å². The first kappa shape index (κ1) is 18.7. The van der Waals surface area contributed by atoms with E-state index in [1.54, 1.807) is 14.2 Å². The Morgan fingerprint density at radius 1 is 0.880 bits per heavy atom. The van der Waals surface area contributed by atoms with Crippen LogP contribution in [-0.4, -0.2) is 58.3 Å². The summed E-state index contributed by atoms with van der Waals surface area (Å²) in [5.74, 6) is 1.69.